The fourth-order valence-electron chi connectivity index (χ4n) is 1.69. The van der Waals surface area contributed by atoms with Crippen LogP contribution in [0.25, 0.3) is 0 Å². The van der Waals surface area contributed by atoms with Crippen molar-refractivity contribution in [1.29, 1.82) is 0 Å². The molecule has 0 spiro atoms. The van der Waals surface area contributed by atoms with Crippen LogP contribution in [-0.2, 0) is 26.7 Å². The van der Waals surface area contributed by atoms with Gasteiger partial charge in [-0.25, -0.2) is 0 Å². The predicted octanol–water partition coefficient (Wildman–Crippen LogP) is 0.926. The van der Waals surface area contributed by atoms with Gasteiger partial charge in [0.2, 0.25) is 0 Å². The molecule has 0 bridgehead atoms. The van der Waals surface area contributed by atoms with Crippen LogP contribution >= 0.6 is 0 Å². The molecule has 0 aliphatic carbocycles. The van der Waals surface area contributed by atoms with Crippen LogP contribution in [0.15, 0.2) is 24.5 Å². The predicted molar refractivity (Wildman–Crippen MR) is 61.7 cm³/mol. The van der Waals surface area contributed by atoms with E-state index in [1.165, 1.54) is 11.4 Å². The molecule has 0 unspecified atom stereocenters. The second-order valence-corrected chi connectivity index (χ2v) is 3.69. The summed E-state index contributed by atoms with van der Waals surface area (Å²) in [6.07, 6.45) is 3.65. The Morgan fingerprint density at radius 2 is 1.81 bits per heavy atom. The van der Waals surface area contributed by atoms with Crippen molar-refractivity contribution in [3.05, 3.63) is 35.9 Å². The lowest BCUT2D eigenvalue weighted by molar-refractivity contribution is 0.567. The van der Waals surface area contributed by atoms with Crippen LogP contribution in [-0.4, -0.2) is 19.6 Å². The quantitative estimate of drug-likeness (QED) is 0.813. The number of nitrogens with zero attached hydrogens (tertiary/aromatic N) is 4. The van der Waals surface area contributed by atoms with E-state index >= 15 is 0 Å². The van der Waals surface area contributed by atoms with Crippen molar-refractivity contribution >= 4 is 0 Å². The Hall–Kier alpha value is -1.62. The summed E-state index contributed by atoms with van der Waals surface area (Å²) in [6.45, 7) is 4.66. The van der Waals surface area contributed by atoms with E-state index in [2.05, 4.69) is 22.4 Å². The number of hydrogen-bond acceptors (Lipinski definition) is 3. The maximum Gasteiger partial charge on any atom is 0.0522 e. The summed E-state index contributed by atoms with van der Waals surface area (Å²) in [5.74, 6) is 0. The van der Waals surface area contributed by atoms with E-state index < -0.39 is 0 Å². The van der Waals surface area contributed by atoms with Crippen molar-refractivity contribution in [3.63, 3.8) is 0 Å². The average Bonchev–Trinajstić information content (AvgIpc) is 2.88. The maximum absolute atomic E-state index is 4.23. The average molecular weight is 219 g/mol. The minimum absolute atomic E-state index is 0.825. The SMILES string of the molecule is CCn1nccc1CNCc1ccnn1C. The number of aryl methyl sites for hydroxylation is 2. The molecule has 0 aliphatic heterocycles. The van der Waals surface area contributed by atoms with E-state index in [4.69, 9.17) is 0 Å². The third kappa shape index (κ3) is 2.30. The van der Waals surface area contributed by atoms with Crippen LogP contribution in [0.4, 0.5) is 0 Å². The zero-order chi connectivity index (χ0) is 11.4. The van der Waals surface area contributed by atoms with Crippen LogP contribution in [0.1, 0.15) is 18.3 Å². The summed E-state index contributed by atoms with van der Waals surface area (Å²) in [7, 11) is 1.95. The van der Waals surface area contributed by atoms with Gasteiger partial charge in [-0.05, 0) is 19.1 Å². The smallest absolute Gasteiger partial charge is 0.0522 e. The fraction of sp³-hybridized carbons (Fsp3) is 0.455. The first-order valence-corrected chi connectivity index (χ1v) is 5.49. The zero-order valence-corrected chi connectivity index (χ0v) is 9.72. The van der Waals surface area contributed by atoms with Crippen LogP contribution in [0.2, 0.25) is 0 Å². The lowest BCUT2D eigenvalue weighted by atomic mass is 10.4. The van der Waals surface area contributed by atoms with Gasteiger partial charge >= 0.3 is 0 Å². The summed E-state index contributed by atoms with van der Waals surface area (Å²) >= 11 is 0. The molecule has 86 valence electrons. The molecule has 2 aromatic heterocycles. The molecule has 2 aromatic rings. The summed E-state index contributed by atoms with van der Waals surface area (Å²) in [5.41, 5.74) is 2.40. The molecular weight excluding hydrogens is 202 g/mol. The topological polar surface area (TPSA) is 47.7 Å². The highest BCUT2D eigenvalue weighted by molar-refractivity contribution is 5.02. The first-order valence-electron chi connectivity index (χ1n) is 5.49. The summed E-state index contributed by atoms with van der Waals surface area (Å²) in [5, 5.41) is 11.7. The van der Waals surface area contributed by atoms with Gasteiger partial charge < -0.3 is 5.32 Å². The van der Waals surface area contributed by atoms with Gasteiger partial charge in [-0.2, -0.15) is 10.2 Å². The Morgan fingerprint density at radius 3 is 2.50 bits per heavy atom. The highest BCUT2D eigenvalue weighted by Gasteiger charge is 2.01. The van der Waals surface area contributed by atoms with E-state index in [1.54, 1.807) is 0 Å². The van der Waals surface area contributed by atoms with Crippen molar-refractivity contribution in [1.82, 2.24) is 24.9 Å². The number of rotatable bonds is 5. The van der Waals surface area contributed by atoms with Gasteiger partial charge in [-0.1, -0.05) is 0 Å². The minimum atomic E-state index is 0.825. The zero-order valence-electron chi connectivity index (χ0n) is 9.72. The summed E-state index contributed by atoms with van der Waals surface area (Å²) in [6, 6.07) is 4.06. The minimum Gasteiger partial charge on any atom is -0.306 e. The molecule has 0 atom stereocenters. The van der Waals surface area contributed by atoms with E-state index in [9.17, 15) is 0 Å². The Kier molecular flexibility index (Phi) is 3.36. The highest BCUT2D eigenvalue weighted by atomic mass is 15.3. The standard InChI is InChI=1S/C11H17N5/c1-3-16-11(5-7-14-16)9-12-8-10-4-6-13-15(10)2/h4-7,12H,3,8-9H2,1-2H3. The fourth-order valence-corrected chi connectivity index (χ4v) is 1.69. The van der Waals surface area contributed by atoms with E-state index in [0.29, 0.717) is 0 Å². The second-order valence-electron chi connectivity index (χ2n) is 3.69. The molecule has 1 N–H and O–H groups in total. The molecule has 0 saturated heterocycles. The molecule has 0 aliphatic rings. The number of nitrogens with one attached hydrogen (secondary N) is 1. The van der Waals surface area contributed by atoms with Gasteiger partial charge in [0.15, 0.2) is 0 Å². The van der Waals surface area contributed by atoms with E-state index in [-0.39, 0.29) is 0 Å². The van der Waals surface area contributed by atoms with Gasteiger partial charge in [0.25, 0.3) is 0 Å². The molecule has 0 aromatic carbocycles. The van der Waals surface area contributed by atoms with Gasteiger partial charge in [0.1, 0.15) is 0 Å². The molecule has 5 heteroatoms. The molecule has 0 saturated carbocycles. The van der Waals surface area contributed by atoms with Gasteiger partial charge in [-0.3, -0.25) is 9.36 Å². The largest absolute Gasteiger partial charge is 0.306 e. The van der Waals surface area contributed by atoms with E-state index in [0.717, 1.165) is 19.6 Å². The molecule has 0 amide bonds. The van der Waals surface area contributed by atoms with Gasteiger partial charge in [0.05, 0.1) is 11.4 Å². The molecule has 0 radical (unpaired) electrons. The molecule has 0 fully saturated rings. The maximum atomic E-state index is 4.23. The Labute approximate surface area is 95.1 Å². The lowest BCUT2D eigenvalue weighted by Crippen LogP contribution is -2.17. The van der Waals surface area contributed by atoms with Gasteiger partial charge in [0, 0.05) is 39.1 Å². The summed E-state index contributed by atoms with van der Waals surface area (Å²) in [4.78, 5) is 0. The highest BCUT2D eigenvalue weighted by Crippen LogP contribution is 2.00. The lowest BCUT2D eigenvalue weighted by Gasteiger charge is -2.06. The van der Waals surface area contributed by atoms with Crippen molar-refractivity contribution < 1.29 is 0 Å². The summed E-state index contributed by atoms with van der Waals surface area (Å²) < 4.78 is 3.88. The van der Waals surface area contributed by atoms with Crippen LogP contribution in [0, 0.1) is 0 Å². The first-order chi connectivity index (χ1) is 7.81. The van der Waals surface area contributed by atoms with Crippen molar-refractivity contribution in [2.24, 2.45) is 7.05 Å². The first kappa shape index (κ1) is 10.9. The Balaban J connectivity index is 1.87. The molecule has 2 rings (SSSR count). The molecule has 2 heterocycles. The molecular formula is C11H17N5. The third-order valence-corrected chi connectivity index (χ3v) is 2.64. The Bertz CT molecular complexity index is 443. The van der Waals surface area contributed by atoms with E-state index in [1.807, 2.05) is 40.9 Å². The van der Waals surface area contributed by atoms with Crippen LogP contribution in [0.5, 0.6) is 0 Å². The Morgan fingerprint density at radius 1 is 1.12 bits per heavy atom. The van der Waals surface area contributed by atoms with Crippen molar-refractivity contribution in [3.8, 4) is 0 Å². The van der Waals surface area contributed by atoms with Crippen LogP contribution < -0.4 is 5.32 Å². The monoisotopic (exact) mass is 219 g/mol. The van der Waals surface area contributed by atoms with Crippen molar-refractivity contribution in [2.45, 2.75) is 26.6 Å². The van der Waals surface area contributed by atoms with Gasteiger partial charge in [-0.15, -0.1) is 0 Å². The third-order valence-electron chi connectivity index (χ3n) is 2.64. The molecule has 16 heavy (non-hydrogen) atoms. The second kappa shape index (κ2) is 4.94. The number of aromatic nitrogens is 4. The number of hydrogen-bond donors (Lipinski definition) is 1. The van der Waals surface area contributed by atoms with Crippen molar-refractivity contribution in [2.75, 3.05) is 0 Å². The normalized spacial score (nSPS) is 10.9. The van der Waals surface area contributed by atoms with Crippen LogP contribution in [0.3, 0.4) is 0 Å². The molecule has 5 nitrogen and oxygen atoms in total.